The SMILES string of the molecule is Cc1c(-c2ccc(O)c(F)c2)sc(C=O)c1-c1ccc(O)cc1. The number of phenolic OH excluding ortho intramolecular Hbond substituents is 2. The number of phenols is 2. The van der Waals surface area contributed by atoms with Gasteiger partial charge in [0, 0.05) is 10.4 Å². The lowest BCUT2D eigenvalue weighted by molar-refractivity contribution is 0.112. The summed E-state index contributed by atoms with van der Waals surface area (Å²) < 4.78 is 13.6. The van der Waals surface area contributed by atoms with Crippen LogP contribution in [0.3, 0.4) is 0 Å². The summed E-state index contributed by atoms with van der Waals surface area (Å²) in [7, 11) is 0. The highest BCUT2D eigenvalue weighted by molar-refractivity contribution is 7.17. The van der Waals surface area contributed by atoms with Crippen molar-refractivity contribution >= 4 is 17.6 Å². The van der Waals surface area contributed by atoms with E-state index in [0.29, 0.717) is 10.4 Å². The lowest BCUT2D eigenvalue weighted by Gasteiger charge is -2.05. The number of halogens is 1. The quantitative estimate of drug-likeness (QED) is 0.682. The van der Waals surface area contributed by atoms with Crippen molar-refractivity contribution in [1.29, 1.82) is 0 Å². The average Bonchev–Trinajstić information content (AvgIpc) is 2.88. The van der Waals surface area contributed by atoms with Crippen molar-refractivity contribution in [2.24, 2.45) is 0 Å². The zero-order chi connectivity index (χ0) is 16.6. The van der Waals surface area contributed by atoms with Gasteiger partial charge in [0.15, 0.2) is 17.9 Å². The van der Waals surface area contributed by atoms with Gasteiger partial charge in [-0.05, 0) is 53.9 Å². The van der Waals surface area contributed by atoms with E-state index in [0.717, 1.165) is 27.9 Å². The monoisotopic (exact) mass is 328 g/mol. The zero-order valence-corrected chi connectivity index (χ0v) is 13.0. The second kappa shape index (κ2) is 5.85. The number of hydrogen-bond acceptors (Lipinski definition) is 4. The maximum Gasteiger partial charge on any atom is 0.165 e. The fourth-order valence-electron chi connectivity index (χ4n) is 2.53. The molecule has 0 saturated heterocycles. The highest BCUT2D eigenvalue weighted by Gasteiger charge is 2.18. The van der Waals surface area contributed by atoms with Gasteiger partial charge in [-0.2, -0.15) is 0 Å². The van der Waals surface area contributed by atoms with Crippen LogP contribution in [0.5, 0.6) is 11.5 Å². The van der Waals surface area contributed by atoms with Crippen LogP contribution in [0.1, 0.15) is 15.2 Å². The molecule has 0 spiro atoms. The Labute approximate surface area is 136 Å². The Hall–Kier alpha value is -2.66. The summed E-state index contributed by atoms with van der Waals surface area (Å²) in [5.74, 6) is -0.957. The molecular formula is C18H13FO3S. The van der Waals surface area contributed by atoms with Crippen LogP contribution in [-0.4, -0.2) is 16.5 Å². The first-order valence-electron chi connectivity index (χ1n) is 6.88. The minimum absolute atomic E-state index is 0.148. The number of thiophene rings is 1. The van der Waals surface area contributed by atoms with E-state index in [9.17, 15) is 19.4 Å². The molecule has 0 amide bonds. The molecule has 0 saturated carbocycles. The van der Waals surface area contributed by atoms with E-state index >= 15 is 0 Å². The third-order valence-electron chi connectivity index (χ3n) is 3.65. The lowest BCUT2D eigenvalue weighted by Crippen LogP contribution is -1.85. The van der Waals surface area contributed by atoms with Crippen LogP contribution in [0.25, 0.3) is 21.6 Å². The summed E-state index contributed by atoms with van der Waals surface area (Å²) in [6, 6.07) is 10.7. The summed E-state index contributed by atoms with van der Waals surface area (Å²) in [6.45, 7) is 1.87. The Morgan fingerprint density at radius 1 is 1.04 bits per heavy atom. The molecule has 3 rings (SSSR count). The van der Waals surface area contributed by atoms with Gasteiger partial charge in [-0.15, -0.1) is 11.3 Å². The van der Waals surface area contributed by atoms with Crippen LogP contribution in [0, 0.1) is 12.7 Å². The molecule has 0 aliphatic carbocycles. The van der Waals surface area contributed by atoms with E-state index in [2.05, 4.69) is 0 Å². The molecule has 1 aromatic heterocycles. The van der Waals surface area contributed by atoms with Crippen molar-refractivity contribution in [3.63, 3.8) is 0 Å². The molecule has 0 atom stereocenters. The van der Waals surface area contributed by atoms with Crippen molar-refractivity contribution in [3.05, 3.63) is 58.7 Å². The van der Waals surface area contributed by atoms with E-state index in [1.54, 1.807) is 30.3 Å². The maximum absolute atomic E-state index is 13.6. The summed E-state index contributed by atoms with van der Waals surface area (Å²) in [5, 5.41) is 18.7. The molecule has 3 aromatic rings. The van der Waals surface area contributed by atoms with Gasteiger partial charge in [0.2, 0.25) is 0 Å². The molecule has 2 N–H and O–H groups in total. The third kappa shape index (κ3) is 2.71. The van der Waals surface area contributed by atoms with Gasteiger partial charge in [0.25, 0.3) is 0 Å². The molecule has 0 fully saturated rings. The summed E-state index contributed by atoms with van der Waals surface area (Å²) in [6.07, 6.45) is 0.778. The Kier molecular flexibility index (Phi) is 3.88. The second-order valence-corrected chi connectivity index (χ2v) is 6.18. The predicted molar refractivity (Wildman–Crippen MR) is 88.6 cm³/mol. The maximum atomic E-state index is 13.6. The van der Waals surface area contributed by atoms with Gasteiger partial charge in [0.1, 0.15) is 5.75 Å². The zero-order valence-electron chi connectivity index (χ0n) is 12.2. The summed E-state index contributed by atoms with van der Waals surface area (Å²) in [4.78, 5) is 12.7. The molecule has 0 radical (unpaired) electrons. The first-order chi connectivity index (χ1) is 11.0. The minimum atomic E-state index is -0.700. The van der Waals surface area contributed by atoms with Crippen LogP contribution in [-0.2, 0) is 0 Å². The molecule has 116 valence electrons. The molecule has 1 heterocycles. The number of carbonyl (C=O) groups is 1. The molecule has 0 unspecified atom stereocenters. The highest BCUT2D eigenvalue weighted by atomic mass is 32.1. The number of carbonyl (C=O) groups excluding carboxylic acids is 1. The van der Waals surface area contributed by atoms with Crippen LogP contribution in [0.15, 0.2) is 42.5 Å². The normalized spacial score (nSPS) is 10.7. The largest absolute Gasteiger partial charge is 0.508 e. The van der Waals surface area contributed by atoms with Gasteiger partial charge in [-0.25, -0.2) is 4.39 Å². The molecule has 0 aliphatic rings. The van der Waals surface area contributed by atoms with Crippen molar-refractivity contribution in [1.82, 2.24) is 0 Å². The molecule has 23 heavy (non-hydrogen) atoms. The lowest BCUT2D eigenvalue weighted by atomic mass is 9.99. The topological polar surface area (TPSA) is 57.5 Å². The predicted octanol–water partition coefficient (Wildman–Crippen LogP) is 4.75. The Morgan fingerprint density at radius 3 is 2.30 bits per heavy atom. The van der Waals surface area contributed by atoms with Gasteiger partial charge in [0.05, 0.1) is 4.88 Å². The van der Waals surface area contributed by atoms with Crippen molar-refractivity contribution in [2.75, 3.05) is 0 Å². The Bertz CT molecular complexity index is 882. The second-order valence-electron chi connectivity index (χ2n) is 5.13. The van der Waals surface area contributed by atoms with Crippen molar-refractivity contribution in [3.8, 4) is 33.1 Å². The smallest absolute Gasteiger partial charge is 0.165 e. The first kappa shape index (κ1) is 15.2. The Balaban J connectivity index is 2.19. The number of aldehydes is 1. The van der Waals surface area contributed by atoms with Crippen LogP contribution in [0.2, 0.25) is 0 Å². The highest BCUT2D eigenvalue weighted by Crippen LogP contribution is 2.42. The van der Waals surface area contributed by atoms with Gasteiger partial charge >= 0.3 is 0 Å². The molecule has 3 nitrogen and oxygen atoms in total. The molecule has 2 aromatic carbocycles. The van der Waals surface area contributed by atoms with E-state index in [4.69, 9.17) is 0 Å². The van der Waals surface area contributed by atoms with E-state index < -0.39 is 11.6 Å². The van der Waals surface area contributed by atoms with Crippen LogP contribution >= 0.6 is 11.3 Å². The van der Waals surface area contributed by atoms with Crippen molar-refractivity contribution < 1.29 is 19.4 Å². The standard InChI is InChI=1S/C18H13FO3S/c1-10-17(11-2-5-13(21)6-3-11)16(9-20)23-18(10)12-4-7-15(22)14(19)8-12/h2-9,21-22H,1H3. The number of aromatic hydroxyl groups is 2. The average molecular weight is 328 g/mol. The first-order valence-corrected chi connectivity index (χ1v) is 7.69. The minimum Gasteiger partial charge on any atom is -0.508 e. The summed E-state index contributed by atoms with van der Waals surface area (Å²) >= 11 is 1.27. The van der Waals surface area contributed by atoms with E-state index in [1.165, 1.54) is 23.5 Å². The van der Waals surface area contributed by atoms with Crippen LogP contribution in [0.4, 0.5) is 4.39 Å². The fraction of sp³-hybridized carbons (Fsp3) is 0.0556. The van der Waals surface area contributed by atoms with E-state index in [1.807, 2.05) is 6.92 Å². The number of rotatable bonds is 3. The number of benzene rings is 2. The molecule has 5 heteroatoms. The molecule has 0 bridgehead atoms. The molecular weight excluding hydrogens is 315 g/mol. The summed E-state index contributed by atoms with van der Waals surface area (Å²) in [5.41, 5.74) is 3.04. The fourth-order valence-corrected chi connectivity index (χ4v) is 3.67. The van der Waals surface area contributed by atoms with Gasteiger partial charge in [-0.1, -0.05) is 12.1 Å². The third-order valence-corrected chi connectivity index (χ3v) is 4.91. The number of hydrogen-bond donors (Lipinski definition) is 2. The van der Waals surface area contributed by atoms with E-state index in [-0.39, 0.29) is 5.75 Å². The molecule has 0 aliphatic heterocycles. The van der Waals surface area contributed by atoms with Gasteiger partial charge in [-0.3, -0.25) is 4.79 Å². The van der Waals surface area contributed by atoms with Crippen LogP contribution < -0.4 is 0 Å². The van der Waals surface area contributed by atoms with Gasteiger partial charge < -0.3 is 10.2 Å². The Morgan fingerprint density at radius 2 is 1.70 bits per heavy atom. The van der Waals surface area contributed by atoms with Crippen molar-refractivity contribution in [2.45, 2.75) is 6.92 Å².